The predicted octanol–water partition coefficient (Wildman–Crippen LogP) is -0.828. The molecule has 2 N–H and O–H groups in total. The quantitative estimate of drug-likeness (QED) is 0.696. The number of nitrogens with two attached hydrogens (primary N) is 1. The average molecular weight is 218 g/mol. The van der Waals surface area contributed by atoms with Crippen LogP contribution in [0.25, 0.3) is 0 Å². The van der Waals surface area contributed by atoms with Gasteiger partial charge < -0.3 is 5.73 Å². The van der Waals surface area contributed by atoms with Crippen molar-refractivity contribution in [2.24, 2.45) is 5.73 Å². The third kappa shape index (κ3) is 3.84. The van der Waals surface area contributed by atoms with Crippen LogP contribution < -0.4 is 5.73 Å². The van der Waals surface area contributed by atoms with Crippen molar-refractivity contribution in [3.8, 4) is 0 Å². The summed E-state index contributed by atoms with van der Waals surface area (Å²) < 4.78 is 23.2. The number of aryl methyl sites for hydroxylation is 1. The van der Waals surface area contributed by atoms with E-state index in [1.165, 1.54) is 6.26 Å². The average Bonchev–Trinajstić information content (AvgIpc) is 2.50. The largest absolute Gasteiger partial charge is 0.324 e. The van der Waals surface area contributed by atoms with Crippen molar-refractivity contribution >= 4 is 9.84 Å². The molecule has 0 aromatic carbocycles. The molecule has 0 radical (unpaired) electrons. The molecule has 1 aromatic rings. The monoisotopic (exact) mass is 218 g/mol. The van der Waals surface area contributed by atoms with Crippen LogP contribution in [0.3, 0.4) is 0 Å². The van der Waals surface area contributed by atoms with Crippen molar-refractivity contribution in [1.29, 1.82) is 0 Å². The molecule has 7 heteroatoms. The van der Waals surface area contributed by atoms with E-state index in [0.717, 1.165) is 0 Å². The highest BCUT2D eigenvalue weighted by Crippen LogP contribution is 1.94. The third-order valence-electron chi connectivity index (χ3n) is 1.67. The Balaban J connectivity index is 2.39. The van der Waals surface area contributed by atoms with Crippen LogP contribution in [0.15, 0.2) is 6.33 Å². The van der Waals surface area contributed by atoms with Crippen LogP contribution in [-0.2, 0) is 22.9 Å². The zero-order valence-corrected chi connectivity index (χ0v) is 8.87. The number of hydrogen-bond acceptors (Lipinski definition) is 5. The molecule has 80 valence electrons. The van der Waals surface area contributed by atoms with Gasteiger partial charge in [-0.05, 0) is 6.42 Å². The molecule has 0 aliphatic carbocycles. The number of sulfone groups is 1. The summed E-state index contributed by atoms with van der Waals surface area (Å²) in [6.07, 6.45) is 3.33. The van der Waals surface area contributed by atoms with E-state index in [9.17, 15) is 8.42 Å². The van der Waals surface area contributed by atoms with Crippen molar-refractivity contribution in [3.63, 3.8) is 0 Å². The molecule has 1 aromatic heterocycles. The molecule has 0 bridgehead atoms. The van der Waals surface area contributed by atoms with E-state index < -0.39 is 9.84 Å². The fourth-order valence-corrected chi connectivity index (χ4v) is 1.68. The highest BCUT2D eigenvalue weighted by atomic mass is 32.2. The van der Waals surface area contributed by atoms with Gasteiger partial charge in [0.05, 0.1) is 12.3 Å². The number of rotatable bonds is 5. The van der Waals surface area contributed by atoms with E-state index in [4.69, 9.17) is 5.73 Å². The normalized spacial score (nSPS) is 11.9. The SMILES string of the molecule is CS(=O)(=O)CCCn1cnc(CN)n1. The maximum atomic E-state index is 10.8. The molecular weight excluding hydrogens is 204 g/mol. The van der Waals surface area contributed by atoms with Gasteiger partial charge in [0, 0.05) is 12.8 Å². The maximum absolute atomic E-state index is 10.8. The molecule has 0 spiro atoms. The number of aromatic nitrogens is 3. The molecule has 0 aliphatic rings. The first-order valence-corrected chi connectivity index (χ1v) is 6.33. The minimum absolute atomic E-state index is 0.171. The lowest BCUT2D eigenvalue weighted by molar-refractivity contribution is 0.572. The van der Waals surface area contributed by atoms with Crippen LogP contribution in [0.1, 0.15) is 12.2 Å². The van der Waals surface area contributed by atoms with Crippen LogP contribution in [0, 0.1) is 0 Å². The van der Waals surface area contributed by atoms with Gasteiger partial charge in [0.25, 0.3) is 0 Å². The number of hydrogen-bond donors (Lipinski definition) is 1. The summed E-state index contributed by atoms with van der Waals surface area (Å²) in [5.41, 5.74) is 5.33. The lowest BCUT2D eigenvalue weighted by Gasteiger charge is -1.98. The molecule has 0 atom stereocenters. The minimum atomic E-state index is -2.88. The topological polar surface area (TPSA) is 90.9 Å². The van der Waals surface area contributed by atoms with Crippen LogP contribution >= 0.6 is 0 Å². The second-order valence-electron chi connectivity index (χ2n) is 3.11. The van der Waals surface area contributed by atoms with Crippen molar-refractivity contribution in [1.82, 2.24) is 14.8 Å². The molecule has 0 saturated heterocycles. The van der Waals surface area contributed by atoms with E-state index in [1.807, 2.05) is 0 Å². The van der Waals surface area contributed by atoms with Gasteiger partial charge in [-0.1, -0.05) is 0 Å². The first kappa shape index (κ1) is 11.1. The lowest BCUT2D eigenvalue weighted by Crippen LogP contribution is -2.08. The summed E-state index contributed by atoms with van der Waals surface area (Å²) in [5, 5.41) is 4.03. The van der Waals surface area contributed by atoms with Gasteiger partial charge in [0.1, 0.15) is 16.2 Å². The molecule has 0 amide bonds. The molecule has 6 nitrogen and oxygen atoms in total. The van der Waals surface area contributed by atoms with Crippen LogP contribution in [0.4, 0.5) is 0 Å². The highest BCUT2D eigenvalue weighted by Gasteiger charge is 2.03. The Morgan fingerprint density at radius 2 is 2.29 bits per heavy atom. The number of nitrogens with zero attached hydrogens (tertiary/aromatic N) is 3. The molecular formula is C7H14N4O2S. The lowest BCUT2D eigenvalue weighted by atomic mass is 10.5. The van der Waals surface area contributed by atoms with Gasteiger partial charge >= 0.3 is 0 Å². The van der Waals surface area contributed by atoms with Gasteiger partial charge in [-0.15, -0.1) is 0 Å². The fourth-order valence-electron chi connectivity index (χ4n) is 1.02. The first-order chi connectivity index (χ1) is 6.51. The fraction of sp³-hybridized carbons (Fsp3) is 0.714. The minimum Gasteiger partial charge on any atom is -0.324 e. The van der Waals surface area contributed by atoms with Crippen molar-refractivity contribution < 1.29 is 8.42 Å². The third-order valence-corrected chi connectivity index (χ3v) is 2.70. The van der Waals surface area contributed by atoms with Gasteiger partial charge in [0.2, 0.25) is 0 Å². The second-order valence-corrected chi connectivity index (χ2v) is 5.37. The second kappa shape index (κ2) is 4.52. The Morgan fingerprint density at radius 3 is 2.79 bits per heavy atom. The summed E-state index contributed by atoms with van der Waals surface area (Å²) in [6, 6.07) is 0. The van der Waals surface area contributed by atoms with Crippen LogP contribution in [0.5, 0.6) is 0 Å². The summed E-state index contributed by atoms with van der Waals surface area (Å²) in [4.78, 5) is 3.93. The molecule has 1 rings (SSSR count). The summed E-state index contributed by atoms with van der Waals surface area (Å²) in [6.45, 7) is 0.860. The van der Waals surface area contributed by atoms with Crippen molar-refractivity contribution in [2.45, 2.75) is 19.5 Å². The predicted molar refractivity (Wildman–Crippen MR) is 52.2 cm³/mol. The molecule has 14 heavy (non-hydrogen) atoms. The molecule has 0 saturated carbocycles. The molecule has 0 aliphatic heterocycles. The molecule has 0 unspecified atom stereocenters. The van der Waals surface area contributed by atoms with E-state index in [0.29, 0.717) is 25.3 Å². The van der Waals surface area contributed by atoms with Gasteiger partial charge in [-0.25, -0.2) is 13.4 Å². The Morgan fingerprint density at radius 1 is 1.57 bits per heavy atom. The van der Waals surface area contributed by atoms with Crippen molar-refractivity contribution in [2.75, 3.05) is 12.0 Å². The molecule has 0 fully saturated rings. The Bertz CT molecular complexity index is 384. The van der Waals surface area contributed by atoms with E-state index >= 15 is 0 Å². The zero-order chi connectivity index (χ0) is 10.6. The summed E-state index contributed by atoms with van der Waals surface area (Å²) >= 11 is 0. The molecule has 1 heterocycles. The van der Waals surface area contributed by atoms with Crippen LogP contribution in [0.2, 0.25) is 0 Å². The van der Waals surface area contributed by atoms with E-state index in [1.54, 1.807) is 11.0 Å². The van der Waals surface area contributed by atoms with E-state index in [-0.39, 0.29) is 5.75 Å². The standard InChI is InChI=1S/C7H14N4O2S/c1-14(12,13)4-2-3-11-6-9-7(5-8)10-11/h6H,2-5,8H2,1H3. The van der Waals surface area contributed by atoms with Gasteiger partial charge in [-0.2, -0.15) is 5.10 Å². The van der Waals surface area contributed by atoms with Gasteiger partial charge in [-0.3, -0.25) is 4.68 Å². The van der Waals surface area contributed by atoms with Crippen molar-refractivity contribution in [3.05, 3.63) is 12.2 Å². The Kier molecular flexibility index (Phi) is 3.59. The van der Waals surface area contributed by atoms with Crippen LogP contribution in [-0.4, -0.2) is 35.2 Å². The summed E-state index contributed by atoms with van der Waals surface area (Å²) in [7, 11) is -2.88. The Labute approximate surface area is 83.0 Å². The smallest absolute Gasteiger partial charge is 0.164 e. The maximum Gasteiger partial charge on any atom is 0.164 e. The Hall–Kier alpha value is -0.950. The first-order valence-electron chi connectivity index (χ1n) is 4.27. The van der Waals surface area contributed by atoms with E-state index in [2.05, 4.69) is 10.1 Å². The summed E-state index contributed by atoms with van der Waals surface area (Å²) in [5.74, 6) is 0.745. The highest BCUT2D eigenvalue weighted by molar-refractivity contribution is 7.90. The van der Waals surface area contributed by atoms with Gasteiger partial charge in [0.15, 0.2) is 5.82 Å². The zero-order valence-electron chi connectivity index (χ0n) is 8.05.